The molecule has 1 unspecified atom stereocenters. The highest BCUT2D eigenvalue weighted by atomic mass is 16.3. The predicted octanol–water partition coefficient (Wildman–Crippen LogP) is 4.14. The summed E-state index contributed by atoms with van der Waals surface area (Å²) in [7, 11) is 0. The summed E-state index contributed by atoms with van der Waals surface area (Å²) in [6, 6.07) is 8.12. The second-order valence-corrected chi connectivity index (χ2v) is 5.63. The van der Waals surface area contributed by atoms with Gasteiger partial charge in [-0.2, -0.15) is 0 Å². The predicted molar refractivity (Wildman–Crippen MR) is 73.0 cm³/mol. The summed E-state index contributed by atoms with van der Waals surface area (Å²) in [6.07, 6.45) is 1.13. The van der Waals surface area contributed by atoms with E-state index in [1.165, 1.54) is 5.56 Å². The lowest BCUT2D eigenvalue weighted by molar-refractivity contribution is 0.229. The molecule has 0 spiro atoms. The van der Waals surface area contributed by atoms with Crippen molar-refractivity contribution in [3.05, 3.63) is 52.8 Å². The van der Waals surface area contributed by atoms with Crippen LogP contribution < -0.4 is 0 Å². The van der Waals surface area contributed by atoms with E-state index in [0.717, 1.165) is 11.1 Å². The Labute approximate surface area is 104 Å². The van der Waals surface area contributed by atoms with E-state index < -0.39 is 6.10 Å². The van der Waals surface area contributed by atoms with Crippen molar-refractivity contribution in [3.8, 4) is 0 Å². The Morgan fingerprint density at radius 3 is 2.12 bits per heavy atom. The average molecular weight is 230 g/mol. The van der Waals surface area contributed by atoms with Crippen LogP contribution in [0.1, 0.15) is 51.8 Å². The molecule has 1 nitrogen and oxygen atoms in total. The molecule has 1 aromatic carbocycles. The SMILES string of the molecule is CC(C)=C=CC(O)c1ccc(C(C)(C)C)cc1. The number of aliphatic hydroxyl groups excluding tert-OH is 1. The lowest BCUT2D eigenvalue weighted by Gasteiger charge is -2.19. The molecule has 0 aromatic heterocycles. The second-order valence-electron chi connectivity index (χ2n) is 5.63. The van der Waals surface area contributed by atoms with E-state index in [1.54, 1.807) is 6.08 Å². The Balaban J connectivity index is 2.92. The van der Waals surface area contributed by atoms with E-state index >= 15 is 0 Å². The molecule has 0 radical (unpaired) electrons. The molecule has 0 aliphatic rings. The molecule has 1 rings (SSSR count). The van der Waals surface area contributed by atoms with Crippen molar-refractivity contribution < 1.29 is 5.11 Å². The molecule has 1 N–H and O–H groups in total. The molecule has 1 aromatic rings. The topological polar surface area (TPSA) is 20.2 Å². The fourth-order valence-electron chi connectivity index (χ4n) is 1.52. The van der Waals surface area contributed by atoms with Crippen LogP contribution in [0.5, 0.6) is 0 Å². The third-order valence-corrected chi connectivity index (χ3v) is 2.65. The van der Waals surface area contributed by atoms with Crippen molar-refractivity contribution in [2.75, 3.05) is 0 Å². The third kappa shape index (κ3) is 4.22. The van der Waals surface area contributed by atoms with Crippen LogP contribution >= 0.6 is 0 Å². The largest absolute Gasteiger partial charge is 0.384 e. The molecule has 0 aliphatic heterocycles. The Kier molecular flexibility index (Phi) is 4.34. The zero-order chi connectivity index (χ0) is 13.1. The van der Waals surface area contributed by atoms with Gasteiger partial charge < -0.3 is 5.11 Å². The summed E-state index contributed by atoms with van der Waals surface area (Å²) in [5.41, 5.74) is 6.43. The summed E-state index contributed by atoms with van der Waals surface area (Å²) < 4.78 is 0. The molecule has 1 heteroatoms. The highest BCUT2D eigenvalue weighted by Crippen LogP contribution is 2.24. The molecule has 0 heterocycles. The first-order chi connectivity index (χ1) is 7.80. The summed E-state index contributed by atoms with van der Waals surface area (Å²) >= 11 is 0. The van der Waals surface area contributed by atoms with Gasteiger partial charge in [0.2, 0.25) is 0 Å². The van der Waals surface area contributed by atoms with Gasteiger partial charge in [0.15, 0.2) is 0 Å². The molecule has 0 aliphatic carbocycles. The zero-order valence-electron chi connectivity index (χ0n) is 11.4. The zero-order valence-corrected chi connectivity index (χ0v) is 11.4. The van der Waals surface area contributed by atoms with Crippen molar-refractivity contribution in [1.82, 2.24) is 0 Å². The number of benzene rings is 1. The monoisotopic (exact) mass is 230 g/mol. The van der Waals surface area contributed by atoms with Crippen molar-refractivity contribution in [2.24, 2.45) is 0 Å². The van der Waals surface area contributed by atoms with Gasteiger partial charge in [-0.1, -0.05) is 45.0 Å². The standard InChI is InChI=1S/C16H22O/c1-12(2)6-11-15(17)13-7-9-14(10-8-13)16(3,4)5/h7-11,15,17H,1-5H3. The molecular weight excluding hydrogens is 208 g/mol. The molecule has 0 saturated carbocycles. The lowest BCUT2D eigenvalue weighted by Crippen LogP contribution is -2.10. The molecule has 1 atom stereocenters. The Morgan fingerprint density at radius 1 is 1.18 bits per heavy atom. The summed E-state index contributed by atoms with van der Waals surface area (Å²) in [5.74, 6) is 0. The van der Waals surface area contributed by atoms with Crippen molar-refractivity contribution >= 4 is 0 Å². The normalized spacial score (nSPS) is 12.8. The van der Waals surface area contributed by atoms with Gasteiger partial charge in [0, 0.05) is 0 Å². The maximum absolute atomic E-state index is 9.93. The van der Waals surface area contributed by atoms with Crippen LogP contribution in [0.15, 0.2) is 41.6 Å². The number of hydrogen-bond acceptors (Lipinski definition) is 1. The molecule has 0 saturated heterocycles. The molecule has 0 bridgehead atoms. The molecule has 17 heavy (non-hydrogen) atoms. The minimum atomic E-state index is -0.570. The first-order valence-corrected chi connectivity index (χ1v) is 5.99. The van der Waals surface area contributed by atoms with Crippen LogP contribution in [-0.2, 0) is 5.41 Å². The van der Waals surface area contributed by atoms with Crippen molar-refractivity contribution in [3.63, 3.8) is 0 Å². The third-order valence-electron chi connectivity index (χ3n) is 2.65. The van der Waals surface area contributed by atoms with Gasteiger partial charge in [-0.15, -0.1) is 5.73 Å². The molecule has 0 fully saturated rings. The van der Waals surface area contributed by atoms with E-state index in [-0.39, 0.29) is 5.41 Å². The Hall–Kier alpha value is -1.30. The first-order valence-electron chi connectivity index (χ1n) is 5.99. The molecule has 92 valence electrons. The Bertz CT molecular complexity index is 422. The maximum atomic E-state index is 9.93. The second kappa shape index (κ2) is 5.35. The van der Waals surface area contributed by atoms with Gasteiger partial charge in [-0.05, 0) is 42.0 Å². The Morgan fingerprint density at radius 2 is 1.71 bits per heavy atom. The summed E-state index contributed by atoms with van der Waals surface area (Å²) in [4.78, 5) is 0. The van der Waals surface area contributed by atoms with Crippen LogP contribution in [0.4, 0.5) is 0 Å². The van der Waals surface area contributed by atoms with Gasteiger partial charge in [0.25, 0.3) is 0 Å². The van der Waals surface area contributed by atoms with Gasteiger partial charge in [-0.25, -0.2) is 0 Å². The van der Waals surface area contributed by atoms with Crippen molar-refractivity contribution in [1.29, 1.82) is 0 Å². The quantitative estimate of drug-likeness (QED) is 0.757. The molecular formula is C16H22O. The average Bonchev–Trinajstić information content (AvgIpc) is 2.25. The highest BCUT2D eigenvalue weighted by molar-refractivity contribution is 5.30. The van der Waals surface area contributed by atoms with E-state index in [1.807, 2.05) is 26.0 Å². The van der Waals surface area contributed by atoms with Crippen LogP contribution in [0.3, 0.4) is 0 Å². The lowest BCUT2D eigenvalue weighted by atomic mass is 9.86. The first kappa shape index (κ1) is 13.8. The minimum absolute atomic E-state index is 0.152. The van der Waals surface area contributed by atoms with E-state index in [9.17, 15) is 5.11 Å². The minimum Gasteiger partial charge on any atom is -0.384 e. The van der Waals surface area contributed by atoms with Crippen LogP contribution in [-0.4, -0.2) is 5.11 Å². The summed E-state index contributed by atoms with van der Waals surface area (Å²) in [6.45, 7) is 10.5. The van der Waals surface area contributed by atoms with E-state index in [4.69, 9.17) is 0 Å². The van der Waals surface area contributed by atoms with Crippen LogP contribution in [0.2, 0.25) is 0 Å². The van der Waals surface area contributed by atoms with E-state index in [0.29, 0.717) is 0 Å². The van der Waals surface area contributed by atoms with Gasteiger partial charge >= 0.3 is 0 Å². The number of aliphatic hydroxyl groups is 1. The van der Waals surface area contributed by atoms with E-state index in [2.05, 4.69) is 38.6 Å². The fourth-order valence-corrected chi connectivity index (χ4v) is 1.52. The van der Waals surface area contributed by atoms with Crippen molar-refractivity contribution in [2.45, 2.75) is 46.1 Å². The smallest absolute Gasteiger partial charge is 0.104 e. The maximum Gasteiger partial charge on any atom is 0.104 e. The van der Waals surface area contributed by atoms with Gasteiger partial charge in [0.1, 0.15) is 6.10 Å². The summed E-state index contributed by atoms with van der Waals surface area (Å²) in [5, 5.41) is 9.93. The van der Waals surface area contributed by atoms with Crippen LogP contribution in [0.25, 0.3) is 0 Å². The highest BCUT2D eigenvalue weighted by Gasteiger charge is 2.13. The van der Waals surface area contributed by atoms with Gasteiger partial charge in [-0.3, -0.25) is 0 Å². The number of rotatable bonds is 2. The number of hydrogen-bond donors (Lipinski definition) is 1. The van der Waals surface area contributed by atoms with Gasteiger partial charge in [0.05, 0.1) is 0 Å². The fraction of sp³-hybridized carbons (Fsp3) is 0.438. The molecule has 0 amide bonds. The van der Waals surface area contributed by atoms with Crippen LogP contribution in [0, 0.1) is 0 Å².